The van der Waals surface area contributed by atoms with Gasteiger partial charge in [0, 0.05) is 47.9 Å². The molecule has 0 aliphatic heterocycles. The van der Waals surface area contributed by atoms with Gasteiger partial charge >= 0.3 is 5.69 Å². The molecule has 0 fully saturated rings. The Hall–Kier alpha value is -6.21. The number of benzene rings is 5. The lowest BCUT2D eigenvalue weighted by Gasteiger charge is -2.12. The third-order valence-electron chi connectivity index (χ3n) is 8.50. The summed E-state index contributed by atoms with van der Waals surface area (Å²) < 4.78 is 3.34. The molecule has 0 saturated heterocycles. The Labute approximate surface area is 265 Å². The summed E-state index contributed by atoms with van der Waals surface area (Å²) in [7, 11) is 3.59. The number of aryl methyl sites for hydroxylation is 2. The lowest BCUT2D eigenvalue weighted by Crippen LogP contribution is -2.19. The Bertz CT molecular complexity index is 2450. The maximum Gasteiger partial charge on any atom is 0.328 e. The molecule has 3 heterocycles. The Morgan fingerprint density at radius 1 is 0.478 bits per heavy atom. The minimum Gasteiger partial charge on any atom is -0.295 e. The van der Waals surface area contributed by atoms with E-state index in [0.29, 0.717) is 17.5 Å². The Morgan fingerprint density at radius 2 is 1.00 bits per heavy atom. The first-order valence-corrected chi connectivity index (χ1v) is 15.1. The minimum absolute atomic E-state index is 0.0416. The van der Waals surface area contributed by atoms with Gasteiger partial charge in [-0.2, -0.15) is 0 Å². The van der Waals surface area contributed by atoms with Crippen LogP contribution in [0, 0.1) is 0 Å². The molecule has 8 rings (SSSR count). The second-order valence-corrected chi connectivity index (χ2v) is 11.3. The van der Waals surface area contributed by atoms with Gasteiger partial charge in [0.05, 0.1) is 16.7 Å². The second-order valence-electron chi connectivity index (χ2n) is 11.3. The van der Waals surface area contributed by atoms with Crippen LogP contribution < -0.4 is 5.69 Å². The zero-order valence-electron chi connectivity index (χ0n) is 25.3. The predicted molar refractivity (Wildman–Crippen MR) is 184 cm³/mol. The van der Waals surface area contributed by atoms with Crippen molar-refractivity contribution in [3.8, 4) is 56.5 Å². The highest BCUT2D eigenvalue weighted by Gasteiger charge is 2.17. The molecular formula is C39H28N6O. The molecule has 7 heteroatoms. The summed E-state index contributed by atoms with van der Waals surface area (Å²) in [6.45, 7) is 0. The highest BCUT2D eigenvalue weighted by Crippen LogP contribution is 2.34. The lowest BCUT2D eigenvalue weighted by molar-refractivity contribution is 0.795. The van der Waals surface area contributed by atoms with Crippen LogP contribution in [0.15, 0.2) is 138 Å². The molecule has 0 unspecified atom stereocenters. The van der Waals surface area contributed by atoms with Crippen molar-refractivity contribution in [2.24, 2.45) is 14.1 Å². The van der Waals surface area contributed by atoms with E-state index < -0.39 is 0 Å². The van der Waals surface area contributed by atoms with Crippen molar-refractivity contribution in [2.45, 2.75) is 0 Å². The molecule has 220 valence electrons. The van der Waals surface area contributed by atoms with Gasteiger partial charge in [-0.3, -0.25) is 14.1 Å². The molecule has 8 aromatic rings. The molecule has 0 saturated carbocycles. The average Bonchev–Trinajstić information content (AvgIpc) is 3.34. The summed E-state index contributed by atoms with van der Waals surface area (Å²) in [5.41, 5.74) is 8.40. The van der Waals surface area contributed by atoms with E-state index in [1.54, 1.807) is 23.2 Å². The van der Waals surface area contributed by atoms with E-state index in [9.17, 15) is 4.79 Å². The van der Waals surface area contributed by atoms with Crippen LogP contribution in [0.2, 0.25) is 0 Å². The summed E-state index contributed by atoms with van der Waals surface area (Å²) in [6.07, 6.45) is 1.87. The van der Waals surface area contributed by atoms with Crippen LogP contribution in [0.25, 0.3) is 78.4 Å². The first-order chi connectivity index (χ1) is 22.5. The number of rotatable bonds is 5. The SMILES string of the molecule is Cn1c(=O)n(C)c2cc(-c3ccc(-c4nc(-c5ccccc5)nc(-c5cnc(-c6ccccc6)c6ccccc56)n4)cc3)ccc21. The Kier molecular flexibility index (Phi) is 6.57. The standard InChI is InChI=1S/C39H28N6O/c1-44-33-22-21-29(23-34(33)45(2)39(44)46)25-17-19-28(20-18-25)37-41-36(27-13-7-4-8-14-27)42-38(43-37)32-24-40-35(26-11-5-3-6-12-26)31-16-10-9-15-30(31)32/h3-24H,1-2H3. The highest BCUT2D eigenvalue weighted by atomic mass is 16.1. The van der Waals surface area contributed by atoms with Crippen LogP contribution in [0.5, 0.6) is 0 Å². The van der Waals surface area contributed by atoms with E-state index in [0.717, 1.165) is 60.9 Å². The monoisotopic (exact) mass is 596 g/mol. The molecule has 0 amide bonds. The van der Waals surface area contributed by atoms with Crippen LogP contribution >= 0.6 is 0 Å². The van der Waals surface area contributed by atoms with Crippen molar-refractivity contribution in [1.82, 2.24) is 29.1 Å². The first kappa shape index (κ1) is 27.3. The van der Waals surface area contributed by atoms with Crippen molar-refractivity contribution in [2.75, 3.05) is 0 Å². The smallest absolute Gasteiger partial charge is 0.295 e. The summed E-state index contributed by atoms with van der Waals surface area (Å²) >= 11 is 0. The van der Waals surface area contributed by atoms with Crippen molar-refractivity contribution >= 4 is 21.8 Å². The fourth-order valence-corrected chi connectivity index (χ4v) is 6.04. The molecule has 0 spiro atoms. The quantitative estimate of drug-likeness (QED) is 0.202. The van der Waals surface area contributed by atoms with Gasteiger partial charge in [0.15, 0.2) is 17.5 Å². The molecule has 0 radical (unpaired) electrons. The van der Waals surface area contributed by atoms with Gasteiger partial charge in [-0.15, -0.1) is 0 Å². The van der Waals surface area contributed by atoms with Crippen molar-refractivity contribution in [3.05, 3.63) is 144 Å². The number of imidazole rings is 1. The van der Waals surface area contributed by atoms with E-state index >= 15 is 0 Å². The average molecular weight is 597 g/mol. The van der Waals surface area contributed by atoms with E-state index in [-0.39, 0.29) is 5.69 Å². The van der Waals surface area contributed by atoms with Gasteiger partial charge in [0.25, 0.3) is 0 Å². The number of hydrogen-bond donors (Lipinski definition) is 0. The Morgan fingerprint density at radius 3 is 1.70 bits per heavy atom. The molecule has 0 bridgehead atoms. The second kappa shape index (κ2) is 11.1. The highest BCUT2D eigenvalue weighted by molar-refractivity contribution is 6.02. The van der Waals surface area contributed by atoms with E-state index in [2.05, 4.69) is 42.5 Å². The van der Waals surface area contributed by atoms with Gasteiger partial charge in [0.2, 0.25) is 0 Å². The third-order valence-corrected chi connectivity index (χ3v) is 8.50. The van der Waals surface area contributed by atoms with E-state index in [1.165, 1.54) is 0 Å². The fraction of sp³-hybridized carbons (Fsp3) is 0.0513. The topological polar surface area (TPSA) is 78.5 Å². The van der Waals surface area contributed by atoms with Crippen molar-refractivity contribution in [1.29, 1.82) is 0 Å². The largest absolute Gasteiger partial charge is 0.328 e. The van der Waals surface area contributed by atoms with Crippen LogP contribution in [0.4, 0.5) is 0 Å². The summed E-state index contributed by atoms with van der Waals surface area (Å²) in [5.74, 6) is 1.73. The molecule has 7 nitrogen and oxygen atoms in total. The third kappa shape index (κ3) is 4.66. The molecule has 46 heavy (non-hydrogen) atoms. The fourth-order valence-electron chi connectivity index (χ4n) is 6.04. The van der Waals surface area contributed by atoms with Crippen molar-refractivity contribution in [3.63, 3.8) is 0 Å². The number of hydrogen-bond acceptors (Lipinski definition) is 5. The summed E-state index contributed by atoms with van der Waals surface area (Å²) in [5, 5.41) is 2.06. The molecule has 0 N–H and O–H groups in total. The lowest BCUT2D eigenvalue weighted by atomic mass is 10.0. The minimum atomic E-state index is -0.0416. The number of fused-ring (bicyclic) bond motifs is 2. The van der Waals surface area contributed by atoms with Crippen LogP contribution in [-0.4, -0.2) is 29.1 Å². The number of nitrogens with zero attached hydrogens (tertiary/aromatic N) is 6. The van der Waals surface area contributed by atoms with Gasteiger partial charge in [0.1, 0.15) is 0 Å². The summed E-state index contributed by atoms with van der Waals surface area (Å²) in [4.78, 5) is 32.3. The van der Waals surface area contributed by atoms with Gasteiger partial charge in [-0.05, 0) is 28.6 Å². The zero-order valence-corrected chi connectivity index (χ0v) is 25.3. The van der Waals surface area contributed by atoms with Gasteiger partial charge in [-0.25, -0.2) is 19.7 Å². The summed E-state index contributed by atoms with van der Waals surface area (Å²) in [6, 6.07) is 42.7. The van der Waals surface area contributed by atoms with E-state index in [4.69, 9.17) is 19.9 Å². The van der Waals surface area contributed by atoms with Crippen LogP contribution in [0.3, 0.4) is 0 Å². The molecule has 0 atom stereocenters. The van der Waals surface area contributed by atoms with Crippen molar-refractivity contribution < 1.29 is 0 Å². The van der Waals surface area contributed by atoms with Gasteiger partial charge < -0.3 is 0 Å². The number of pyridine rings is 1. The molecule has 3 aromatic heterocycles. The van der Waals surface area contributed by atoms with Crippen LogP contribution in [-0.2, 0) is 14.1 Å². The molecule has 0 aliphatic rings. The molecule has 0 aliphatic carbocycles. The van der Waals surface area contributed by atoms with Crippen LogP contribution in [0.1, 0.15) is 0 Å². The predicted octanol–water partition coefficient (Wildman–Crippen LogP) is 7.95. The zero-order chi connectivity index (χ0) is 31.2. The number of aromatic nitrogens is 6. The maximum absolute atomic E-state index is 12.5. The Balaban J connectivity index is 1.25. The molecular weight excluding hydrogens is 568 g/mol. The van der Waals surface area contributed by atoms with Gasteiger partial charge in [-0.1, -0.05) is 115 Å². The first-order valence-electron chi connectivity index (χ1n) is 15.1. The maximum atomic E-state index is 12.5. The molecule has 5 aromatic carbocycles. The van der Waals surface area contributed by atoms with E-state index in [1.807, 2.05) is 91.1 Å². The normalized spacial score (nSPS) is 11.3.